The molecule has 2 aromatic carbocycles. The summed E-state index contributed by atoms with van der Waals surface area (Å²) in [7, 11) is 1.91. The monoisotopic (exact) mass is 664 g/mol. The molecule has 2 aliphatic rings. The lowest BCUT2D eigenvalue weighted by atomic mass is 9.95. The third-order valence-electron chi connectivity index (χ3n) is 8.32. The van der Waals surface area contributed by atoms with Crippen molar-refractivity contribution in [3.05, 3.63) is 116 Å². The van der Waals surface area contributed by atoms with Gasteiger partial charge in [-0.2, -0.15) is 0 Å². The Labute approximate surface area is 263 Å². The van der Waals surface area contributed by atoms with E-state index in [1.807, 2.05) is 29.9 Å². The number of fused-ring (bicyclic) bond motifs is 2. The zero-order valence-corrected chi connectivity index (χ0v) is 26.0. The van der Waals surface area contributed by atoms with Crippen LogP contribution in [0.3, 0.4) is 0 Å². The molecule has 2 atom stereocenters. The van der Waals surface area contributed by atoms with E-state index in [1.54, 1.807) is 17.4 Å². The van der Waals surface area contributed by atoms with Crippen LogP contribution in [0.1, 0.15) is 44.5 Å². The molecule has 8 nitrogen and oxygen atoms in total. The molecule has 0 spiro atoms. The molecule has 1 aliphatic carbocycles. The number of amides is 2. The molecule has 2 amide bonds. The number of halogens is 3. The Hall–Kier alpha value is -3.60. The van der Waals surface area contributed by atoms with Gasteiger partial charge in [0.25, 0.3) is 5.91 Å². The third-order valence-corrected chi connectivity index (χ3v) is 8.99. The van der Waals surface area contributed by atoms with Crippen molar-refractivity contribution in [2.75, 3.05) is 26.2 Å². The van der Waals surface area contributed by atoms with Crippen LogP contribution in [0.25, 0.3) is 0 Å². The molecule has 0 saturated carbocycles. The van der Waals surface area contributed by atoms with Crippen molar-refractivity contribution in [2.24, 2.45) is 7.05 Å². The second-order valence-corrected chi connectivity index (χ2v) is 12.3. The van der Waals surface area contributed by atoms with E-state index in [-0.39, 0.29) is 17.9 Å². The third kappa shape index (κ3) is 6.23. The van der Waals surface area contributed by atoms with Crippen LogP contribution in [-0.2, 0) is 31.1 Å². The lowest BCUT2D eigenvalue weighted by molar-refractivity contribution is -0.128. The molecule has 1 N–H and O–H groups in total. The normalized spacial score (nSPS) is 18.5. The van der Waals surface area contributed by atoms with E-state index in [1.165, 1.54) is 24.3 Å². The van der Waals surface area contributed by atoms with Crippen molar-refractivity contribution in [3.8, 4) is 0 Å². The number of piperazine rings is 1. The first kappa shape index (κ1) is 29.5. The van der Waals surface area contributed by atoms with Gasteiger partial charge in [-0.15, -0.1) is 0 Å². The molecule has 3 heterocycles. The number of rotatable bonds is 6. The van der Waals surface area contributed by atoms with Gasteiger partial charge in [0.05, 0.1) is 18.1 Å². The zero-order chi connectivity index (χ0) is 30.1. The summed E-state index contributed by atoms with van der Waals surface area (Å²) in [5.41, 5.74) is 5.66. The first-order valence-electron chi connectivity index (χ1n) is 14.2. The second kappa shape index (κ2) is 12.6. The number of nitrogens with one attached hydrogen (secondary N) is 1. The quantitative estimate of drug-likeness (QED) is 0.322. The molecule has 1 fully saturated rings. The molecule has 2 aromatic heterocycles. The molecule has 1 unspecified atom stereocenters. The van der Waals surface area contributed by atoms with Gasteiger partial charge in [0, 0.05) is 72.8 Å². The number of aromatic nitrogens is 3. The van der Waals surface area contributed by atoms with Gasteiger partial charge in [-0.05, 0) is 87.9 Å². The first-order chi connectivity index (χ1) is 20.8. The van der Waals surface area contributed by atoms with Crippen LogP contribution in [0.15, 0.2) is 71.7 Å². The van der Waals surface area contributed by atoms with E-state index in [0.29, 0.717) is 43.2 Å². The molecule has 11 heteroatoms. The molecule has 6 rings (SSSR count). The Morgan fingerprint density at radius 3 is 2.63 bits per heavy atom. The summed E-state index contributed by atoms with van der Waals surface area (Å²) in [6, 6.07) is 12.5. The molecule has 0 bridgehead atoms. The number of pyridine rings is 1. The van der Waals surface area contributed by atoms with Crippen LogP contribution < -0.4 is 5.32 Å². The van der Waals surface area contributed by atoms with Crippen molar-refractivity contribution < 1.29 is 14.0 Å². The maximum atomic E-state index is 13.8. The van der Waals surface area contributed by atoms with Gasteiger partial charge in [0.2, 0.25) is 5.91 Å². The predicted octanol–water partition coefficient (Wildman–Crippen LogP) is 4.74. The largest absolute Gasteiger partial charge is 0.354 e. The van der Waals surface area contributed by atoms with E-state index in [2.05, 4.69) is 43.3 Å². The van der Waals surface area contributed by atoms with Crippen molar-refractivity contribution in [1.82, 2.24) is 29.7 Å². The summed E-state index contributed by atoms with van der Waals surface area (Å²) >= 11 is 10.00. The molecule has 0 radical (unpaired) electrons. The van der Waals surface area contributed by atoms with Crippen LogP contribution in [0, 0.1) is 5.82 Å². The lowest BCUT2D eigenvalue weighted by Crippen LogP contribution is -2.61. The van der Waals surface area contributed by atoms with E-state index in [4.69, 9.17) is 16.6 Å². The highest BCUT2D eigenvalue weighted by Gasteiger charge is 2.40. The van der Waals surface area contributed by atoms with Gasteiger partial charge in [0.15, 0.2) is 0 Å². The number of carbonyl (C=O) groups is 2. The van der Waals surface area contributed by atoms with E-state index < -0.39 is 11.9 Å². The van der Waals surface area contributed by atoms with E-state index in [0.717, 1.165) is 45.4 Å². The van der Waals surface area contributed by atoms with E-state index >= 15 is 0 Å². The lowest BCUT2D eigenvalue weighted by Gasteiger charge is -2.44. The van der Waals surface area contributed by atoms with E-state index in [9.17, 15) is 14.0 Å². The molecular formula is C32H31BrClFN6O2. The highest BCUT2D eigenvalue weighted by molar-refractivity contribution is 9.10. The Balaban J connectivity index is 1.32. The van der Waals surface area contributed by atoms with Crippen LogP contribution in [0.2, 0.25) is 5.02 Å². The minimum Gasteiger partial charge on any atom is -0.354 e. The fourth-order valence-electron chi connectivity index (χ4n) is 6.10. The number of imidazole rings is 1. The van der Waals surface area contributed by atoms with Crippen molar-refractivity contribution in [1.29, 1.82) is 0 Å². The molecule has 222 valence electrons. The molecule has 4 aromatic rings. The van der Waals surface area contributed by atoms with Crippen LogP contribution in [0.5, 0.6) is 0 Å². The maximum absolute atomic E-state index is 13.8. The Morgan fingerprint density at radius 2 is 1.86 bits per heavy atom. The fraction of sp³-hybridized carbons (Fsp3) is 0.312. The number of hydrogen-bond acceptors (Lipinski definition) is 5. The summed E-state index contributed by atoms with van der Waals surface area (Å²) in [5.74, 6) is -0.964. The highest BCUT2D eigenvalue weighted by atomic mass is 79.9. The van der Waals surface area contributed by atoms with Crippen LogP contribution in [-0.4, -0.2) is 68.4 Å². The summed E-state index contributed by atoms with van der Waals surface area (Å²) in [6.45, 7) is 1.54. The number of nitrogens with zero attached hydrogens (tertiary/aromatic N) is 5. The average Bonchev–Trinajstić information content (AvgIpc) is 3.34. The van der Waals surface area contributed by atoms with Crippen molar-refractivity contribution >= 4 is 39.3 Å². The number of carbonyl (C=O) groups excluding carboxylic acids is 2. The molecule has 43 heavy (non-hydrogen) atoms. The zero-order valence-electron chi connectivity index (χ0n) is 23.6. The Bertz CT molecular complexity index is 1610. The molecule has 1 aliphatic heterocycles. The minimum atomic E-state index is -0.768. The maximum Gasteiger partial charge on any atom is 0.254 e. The second-order valence-electron chi connectivity index (χ2n) is 11.0. The number of aryl methyl sites for hydroxylation is 3. The Kier molecular flexibility index (Phi) is 8.61. The molecule has 1 saturated heterocycles. The van der Waals surface area contributed by atoms with Gasteiger partial charge < -0.3 is 14.8 Å². The van der Waals surface area contributed by atoms with Gasteiger partial charge in [-0.25, -0.2) is 9.37 Å². The first-order valence-corrected chi connectivity index (χ1v) is 15.4. The SMILES string of the molecule is Cn1cncc1CCNC(=O)[C@H]1CN(C2c3ccc(Cl)cc3CCc3cc(Br)cnc32)CCN1C(=O)c1ccc(F)cc1. The summed E-state index contributed by atoms with van der Waals surface area (Å²) in [4.78, 5) is 40.4. The van der Waals surface area contributed by atoms with Crippen LogP contribution >= 0.6 is 27.5 Å². The minimum absolute atomic E-state index is 0.217. The highest BCUT2D eigenvalue weighted by Crippen LogP contribution is 2.38. The fourth-order valence-corrected chi connectivity index (χ4v) is 6.68. The standard InChI is InChI=1S/C32H31BrClFN6O2/c1-39-19-36-17-26(39)10-11-37-31(42)28-18-40(12-13-41(28)32(43)20-4-7-25(35)8-5-20)30-27-9-6-24(34)15-21(27)2-3-22-14-23(33)16-38-29(22)30/h4-9,14-17,19,28,30H,2-3,10-13,18H2,1H3,(H,37,42)/t28-,30?/m1/s1. The number of hydrogen-bond donors (Lipinski definition) is 1. The van der Waals surface area contributed by atoms with Gasteiger partial charge in [-0.1, -0.05) is 17.7 Å². The van der Waals surface area contributed by atoms with Crippen molar-refractivity contribution in [3.63, 3.8) is 0 Å². The molecular weight excluding hydrogens is 635 g/mol. The van der Waals surface area contributed by atoms with Crippen LogP contribution in [0.4, 0.5) is 4.39 Å². The van der Waals surface area contributed by atoms with Gasteiger partial charge in [-0.3, -0.25) is 19.5 Å². The average molecular weight is 666 g/mol. The topological polar surface area (TPSA) is 83.4 Å². The van der Waals surface area contributed by atoms with Gasteiger partial charge >= 0.3 is 0 Å². The smallest absolute Gasteiger partial charge is 0.254 e. The Morgan fingerprint density at radius 1 is 1.07 bits per heavy atom. The van der Waals surface area contributed by atoms with Crippen molar-refractivity contribution in [2.45, 2.75) is 31.3 Å². The summed E-state index contributed by atoms with van der Waals surface area (Å²) in [5, 5.41) is 3.73. The van der Waals surface area contributed by atoms with Gasteiger partial charge in [0.1, 0.15) is 11.9 Å². The summed E-state index contributed by atoms with van der Waals surface area (Å²) < 4.78 is 16.5. The number of benzene rings is 2. The predicted molar refractivity (Wildman–Crippen MR) is 165 cm³/mol. The summed E-state index contributed by atoms with van der Waals surface area (Å²) in [6.07, 6.45) is 7.54.